The normalized spacial score (nSPS) is 12.0. The van der Waals surface area contributed by atoms with Crippen LogP contribution in [-0.2, 0) is 4.79 Å². The minimum absolute atomic E-state index is 0.00226. The van der Waals surface area contributed by atoms with E-state index in [1.807, 2.05) is 49.2 Å². The topological polar surface area (TPSA) is 23.6 Å². The minimum Gasteiger partial charge on any atom is -0.308 e. The number of benzene rings is 2. The minimum atomic E-state index is -0.258. The van der Waals surface area contributed by atoms with E-state index in [1.54, 1.807) is 23.1 Å². The van der Waals surface area contributed by atoms with Gasteiger partial charge in [-0.25, -0.2) is 4.39 Å². The Kier molecular flexibility index (Phi) is 6.27. The predicted octanol–water partition coefficient (Wildman–Crippen LogP) is 4.04. The van der Waals surface area contributed by atoms with Crippen LogP contribution in [0.2, 0.25) is 0 Å². The van der Waals surface area contributed by atoms with Crippen molar-refractivity contribution >= 4 is 11.6 Å². The molecule has 0 N–H and O–H groups in total. The van der Waals surface area contributed by atoms with Gasteiger partial charge < -0.3 is 4.90 Å². The zero-order valence-corrected chi connectivity index (χ0v) is 14.2. The van der Waals surface area contributed by atoms with Crippen molar-refractivity contribution in [3.63, 3.8) is 0 Å². The molecule has 2 rings (SSSR count). The molecule has 2 aromatic rings. The number of anilines is 1. The Morgan fingerprint density at radius 1 is 1.17 bits per heavy atom. The lowest BCUT2D eigenvalue weighted by Gasteiger charge is -2.28. The number of para-hydroxylation sites is 1. The Labute approximate surface area is 143 Å². The molecule has 0 aliphatic carbocycles. The first-order valence-electron chi connectivity index (χ1n) is 7.95. The van der Waals surface area contributed by atoms with Gasteiger partial charge in [0.1, 0.15) is 5.82 Å². The molecular weight excluding hydrogens is 303 g/mol. The smallest absolute Gasteiger partial charge is 0.241 e. The maximum Gasteiger partial charge on any atom is 0.241 e. The summed E-state index contributed by atoms with van der Waals surface area (Å²) in [5, 5.41) is 0. The Hall–Kier alpha value is -2.46. The Morgan fingerprint density at radius 3 is 2.38 bits per heavy atom. The molecular formula is C20H23FN2O. The molecule has 0 fully saturated rings. The summed E-state index contributed by atoms with van der Waals surface area (Å²) >= 11 is 0. The monoisotopic (exact) mass is 326 g/mol. The highest BCUT2D eigenvalue weighted by molar-refractivity contribution is 5.95. The molecule has 3 nitrogen and oxygen atoms in total. The average molecular weight is 326 g/mol. The molecule has 0 radical (unpaired) electrons. The third-order valence-corrected chi connectivity index (χ3v) is 4.08. The molecule has 0 saturated heterocycles. The quantitative estimate of drug-likeness (QED) is 0.717. The van der Waals surface area contributed by atoms with Crippen molar-refractivity contribution in [3.8, 4) is 0 Å². The highest BCUT2D eigenvalue weighted by Crippen LogP contribution is 2.20. The van der Waals surface area contributed by atoms with Crippen molar-refractivity contribution < 1.29 is 9.18 Å². The van der Waals surface area contributed by atoms with Crippen LogP contribution >= 0.6 is 0 Å². The van der Waals surface area contributed by atoms with Crippen LogP contribution < -0.4 is 4.90 Å². The van der Waals surface area contributed by atoms with Crippen LogP contribution in [0.5, 0.6) is 0 Å². The molecule has 1 unspecified atom stereocenters. The lowest BCUT2D eigenvalue weighted by atomic mass is 10.1. The van der Waals surface area contributed by atoms with Gasteiger partial charge in [0.05, 0.1) is 6.54 Å². The molecule has 24 heavy (non-hydrogen) atoms. The first kappa shape index (κ1) is 17.9. The average Bonchev–Trinajstić information content (AvgIpc) is 2.60. The molecule has 2 aromatic carbocycles. The second-order valence-corrected chi connectivity index (χ2v) is 5.77. The van der Waals surface area contributed by atoms with Crippen LogP contribution in [0, 0.1) is 5.82 Å². The number of likely N-dealkylation sites (N-methyl/N-ethyl adjacent to an activating group) is 1. The van der Waals surface area contributed by atoms with E-state index >= 15 is 0 Å². The zero-order chi connectivity index (χ0) is 17.5. The molecule has 1 amide bonds. The fourth-order valence-corrected chi connectivity index (χ4v) is 2.52. The van der Waals surface area contributed by atoms with Gasteiger partial charge in [0.2, 0.25) is 5.91 Å². The fourth-order valence-electron chi connectivity index (χ4n) is 2.52. The molecule has 0 saturated carbocycles. The van der Waals surface area contributed by atoms with Crippen LogP contribution in [0.3, 0.4) is 0 Å². The van der Waals surface area contributed by atoms with E-state index in [-0.39, 0.29) is 24.3 Å². The first-order valence-corrected chi connectivity index (χ1v) is 7.95. The van der Waals surface area contributed by atoms with Gasteiger partial charge in [0, 0.05) is 18.3 Å². The van der Waals surface area contributed by atoms with Crippen LogP contribution in [0.15, 0.2) is 67.3 Å². The summed E-state index contributed by atoms with van der Waals surface area (Å²) < 4.78 is 13.1. The Bertz CT molecular complexity index is 670. The third-order valence-electron chi connectivity index (χ3n) is 4.08. The van der Waals surface area contributed by atoms with Gasteiger partial charge in [-0.1, -0.05) is 36.4 Å². The number of carbonyl (C=O) groups is 1. The molecule has 126 valence electrons. The lowest BCUT2D eigenvalue weighted by molar-refractivity contribution is -0.119. The number of rotatable bonds is 7. The molecule has 4 heteroatoms. The van der Waals surface area contributed by atoms with Gasteiger partial charge in [-0.2, -0.15) is 0 Å². The number of halogens is 1. The molecule has 0 bridgehead atoms. The van der Waals surface area contributed by atoms with E-state index in [0.29, 0.717) is 6.54 Å². The maximum atomic E-state index is 13.1. The summed E-state index contributed by atoms with van der Waals surface area (Å²) in [6, 6.07) is 15.9. The molecule has 0 aliphatic rings. The number of carbonyl (C=O) groups excluding carboxylic acids is 1. The van der Waals surface area contributed by atoms with Crippen molar-refractivity contribution in [2.45, 2.75) is 13.0 Å². The number of nitrogens with zero attached hydrogens (tertiary/aromatic N) is 2. The van der Waals surface area contributed by atoms with Crippen LogP contribution in [0.1, 0.15) is 18.5 Å². The number of hydrogen-bond donors (Lipinski definition) is 0. The third kappa shape index (κ3) is 4.52. The van der Waals surface area contributed by atoms with Gasteiger partial charge in [-0.3, -0.25) is 9.69 Å². The van der Waals surface area contributed by atoms with Crippen molar-refractivity contribution in [2.24, 2.45) is 0 Å². The Morgan fingerprint density at radius 2 is 1.79 bits per heavy atom. The van der Waals surface area contributed by atoms with Crippen molar-refractivity contribution in [1.82, 2.24) is 4.90 Å². The van der Waals surface area contributed by atoms with E-state index in [9.17, 15) is 9.18 Å². The summed E-state index contributed by atoms with van der Waals surface area (Å²) in [5.74, 6) is -0.261. The van der Waals surface area contributed by atoms with Gasteiger partial charge in [0.15, 0.2) is 0 Å². The lowest BCUT2D eigenvalue weighted by Crippen LogP contribution is -2.40. The number of amides is 1. The standard InChI is InChI=1S/C20H23FN2O/c1-4-14-23(19-8-6-5-7-9-19)20(24)15-22(3)16(2)17-10-12-18(21)13-11-17/h4-13,16H,1,14-15H2,2-3H3. The SMILES string of the molecule is C=CCN(C(=O)CN(C)C(C)c1ccc(F)cc1)c1ccccc1. The molecule has 0 heterocycles. The molecule has 1 atom stereocenters. The van der Waals surface area contributed by atoms with E-state index in [4.69, 9.17) is 0 Å². The second kappa shape index (κ2) is 8.41. The summed E-state index contributed by atoms with van der Waals surface area (Å²) in [7, 11) is 1.89. The van der Waals surface area contributed by atoms with Gasteiger partial charge >= 0.3 is 0 Å². The zero-order valence-electron chi connectivity index (χ0n) is 14.2. The van der Waals surface area contributed by atoms with Gasteiger partial charge in [-0.15, -0.1) is 6.58 Å². The van der Waals surface area contributed by atoms with Gasteiger partial charge in [-0.05, 0) is 43.8 Å². The van der Waals surface area contributed by atoms with Crippen molar-refractivity contribution in [2.75, 3.05) is 25.0 Å². The summed E-state index contributed by atoms with van der Waals surface area (Å²) in [6.45, 7) is 6.46. The van der Waals surface area contributed by atoms with Crippen molar-refractivity contribution in [1.29, 1.82) is 0 Å². The first-order chi connectivity index (χ1) is 11.5. The van der Waals surface area contributed by atoms with E-state index < -0.39 is 0 Å². The largest absolute Gasteiger partial charge is 0.308 e. The van der Waals surface area contributed by atoms with Crippen LogP contribution in [-0.4, -0.2) is 30.9 Å². The van der Waals surface area contributed by atoms with Crippen LogP contribution in [0.4, 0.5) is 10.1 Å². The fraction of sp³-hybridized carbons (Fsp3) is 0.250. The Balaban J connectivity index is 2.08. The summed E-state index contributed by atoms with van der Waals surface area (Å²) in [5.41, 5.74) is 1.83. The van der Waals surface area contributed by atoms with Gasteiger partial charge in [0.25, 0.3) is 0 Å². The number of hydrogen-bond acceptors (Lipinski definition) is 2. The highest BCUT2D eigenvalue weighted by Gasteiger charge is 2.19. The summed E-state index contributed by atoms with van der Waals surface area (Å²) in [4.78, 5) is 16.4. The van der Waals surface area contributed by atoms with Crippen LogP contribution in [0.25, 0.3) is 0 Å². The maximum absolute atomic E-state index is 13.1. The van der Waals surface area contributed by atoms with E-state index in [2.05, 4.69) is 6.58 Å². The molecule has 0 aliphatic heterocycles. The van der Waals surface area contributed by atoms with E-state index in [1.165, 1.54) is 12.1 Å². The van der Waals surface area contributed by atoms with E-state index in [0.717, 1.165) is 11.3 Å². The second-order valence-electron chi connectivity index (χ2n) is 5.77. The molecule has 0 aromatic heterocycles. The highest BCUT2D eigenvalue weighted by atomic mass is 19.1. The predicted molar refractivity (Wildman–Crippen MR) is 96.4 cm³/mol. The summed E-state index contributed by atoms with van der Waals surface area (Å²) in [6.07, 6.45) is 1.72. The van der Waals surface area contributed by atoms with Crippen molar-refractivity contribution in [3.05, 3.63) is 78.6 Å². The molecule has 0 spiro atoms.